The maximum atomic E-state index is 10.0. The molecule has 0 amide bonds. The SMILES string of the molecule is Cc1ccc(C)c(OCC(O)C[NH+]2CCOCC2)c1. The summed E-state index contributed by atoms with van der Waals surface area (Å²) in [7, 11) is 0. The number of hydrogen-bond acceptors (Lipinski definition) is 3. The summed E-state index contributed by atoms with van der Waals surface area (Å²) in [6, 6.07) is 6.13. The normalized spacial score (nSPS) is 18.3. The fourth-order valence-corrected chi connectivity index (χ4v) is 2.31. The molecule has 19 heavy (non-hydrogen) atoms. The Bertz CT molecular complexity index is 402. The van der Waals surface area contributed by atoms with Gasteiger partial charge in [-0.05, 0) is 31.0 Å². The lowest BCUT2D eigenvalue weighted by Gasteiger charge is -2.25. The molecule has 1 saturated heterocycles. The van der Waals surface area contributed by atoms with E-state index in [0.717, 1.165) is 44.2 Å². The third-order valence-corrected chi connectivity index (χ3v) is 3.50. The highest BCUT2D eigenvalue weighted by atomic mass is 16.5. The molecule has 1 unspecified atom stereocenters. The van der Waals surface area contributed by atoms with Crippen LogP contribution in [0.4, 0.5) is 0 Å². The quantitative estimate of drug-likeness (QED) is 0.786. The van der Waals surface area contributed by atoms with Crippen molar-refractivity contribution in [2.45, 2.75) is 20.0 Å². The van der Waals surface area contributed by atoms with Gasteiger partial charge in [-0.3, -0.25) is 0 Å². The van der Waals surface area contributed by atoms with E-state index in [-0.39, 0.29) is 0 Å². The van der Waals surface area contributed by atoms with E-state index in [1.807, 2.05) is 26.0 Å². The largest absolute Gasteiger partial charge is 0.490 e. The van der Waals surface area contributed by atoms with Crippen molar-refractivity contribution in [3.8, 4) is 5.75 Å². The Morgan fingerprint density at radius 3 is 2.79 bits per heavy atom. The Kier molecular flexibility index (Phi) is 5.19. The Morgan fingerprint density at radius 1 is 1.32 bits per heavy atom. The highest BCUT2D eigenvalue weighted by Crippen LogP contribution is 2.19. The number of rotatable bonds is 5. The lowest BCUT2D eigenvalue weighted by Crippen LogP contribution is -3.15. The summed E-state index contributed by atoms with van der Waals surface area (Å²) in [5.41, 5.74) is 2.28. The highest BCUT2D eigenvalue weighted by molar-refractivity contribution is 5.35. The summed E-state index contributed by atoms with van der Waals surface area (Å²) in [5, 5.41) is 10.0. The van der Waals surface area contributed by atoms with Gasteiger partial charge in [0.05, 0.1) is 13.2 Å². The fraction of sp³-hybridized carbons (Fsp3) is 0.600. The zero-order chi connectivity index (χ0) is 13.7. The minimum Gasteiger partial charge on any atom is -0.490 e. The topological polar surface area (TPSA) is 43.1 Å². The van der Waals surface area contributed by atoms with Crippen LogP contribution in [-0.4, -0.2) is 50.7 Å². The molecule has 1 aromatic rings. The number of ether oxygens (including phenoxy) is 2. The predicted octanol–water partition coefficient (Wildman–Crippen LogP) is -0.0418. The Morgan fingerprint density at radius 2 is 2.05 bits per heavy atom. The summed E-state index contributed by atoms with van der Waals surface area (Å²) >= 11 is 0. The molecule has 2 rings (SSSR count). The molecule has 106 valence electrons. The van der Waals surface area contributed by atoms with Crippen molar-refractivity contribution in [3.63, 3.8) is 0 Å². The molecular formula is C15H24NO3+. The van der Waals surface area contributed by atoms with E-state index in [1.54, 1.807) is 0 Å². The van der Waals surface area contributed by atoms with Crippen molar-refractivity contribution in [3.05, 3.63) is 29.3 Å². The van der Waals surface area contributed by atoms with E-state index in [0.29, 0.717) is 6.61 Å². The van der Waals surface area contributed by atoms with E-state index in [1.165, 1.54) is 10.5 Å². The first kappa shape index (κ1) is 14.3. The van der Waals surface area contributed by atoms with Crippen LogP contribution in [-0.2, 0) is 4.74 Å². The van der Waals surface area contributed by atoms with E-state index in [9.17, 15) is 5.11 Å². The second-order valence-electron chi connectivity index (χ2n) is 5.30. The first-order valence-corrected chi connectivity index (χ1v) is 6.94. The molecule has 1 aromatic carbocycles. The molecule has 1 aliphatic rings. The van der Waals surface area contributed by atoms with Crippen molar-refractivity contribution in [2.24, 2.45) is 0 Å². The van der Waals surface area contributed by atoms with E-state index < -0.39 is 6.10 Å². The van der Waals surface area contributed by atoms with Gasteiger partial charge in [-0.2, -0.15) is 0 Å². The molecule has 0 saturated carbocycles. The summed E-state index contributed by atoms with van der Waals surface area (Å²) in [5.74, 6) is 0.871. The van der Waals surface area contributed by atoms with Crippen molar-refractivity contribution in [2.75, 3.05) is 39.5 Å². The van der Waals surface area contributed by atoms with Crippen LogP contribution in [0.3, 0.4) is 0 Å². The number of aliphatic hydroxyl groups is 1. The molecule has 0 spiro atoms. The first-order chi connectivity index (χ1) is 9.15. The second-order valence-corrected chi connectivity index (χ2v) is 5.30. The lowest BCUT2D eigenvalue weighted by molar-refractivity contribution is -0.911. The molecule has 1 aliphatic heterocycles. The van der Waals surface area contributed by atoms with Crippen molar-refractivity contribution in [1.29, 1.82) is 0 Å². The molecule has 1 atom stereocenters. The molecular weight excluding hydrogens is 242 g/mol. The van der Waals surface area contributed by atoms with E-state index in [4.69, 9.17) is 9.47 Å². The number of benzene rings is 1. The highest BCUT2D eigenvalue weighted by Gasteiger charge is 2.18. The van der Waals surface area contributed by atoms with Crippen LogP contribution in [0, 0.1) is 13.8 Å². The average Bonchev–Trinajstić information content (AvgIpc) is 2.41. The number of nitrogens with one attached hydrogen (secondary N) is 1. The summed E-state index contributed by atoms with van der Waals surface area (Å²) in [6.45, 7) is 8.68. The zero-order valence-electron chi connectivity index (χ0n) is 11.8. The van der Waals surface area contributed by atoms with Gasteiger partial charge in [0, 0.05) is 0 Å². The van der Waals surface area contributed by atoms with Gasteiger partial charge < -0.3 is 19.5 Å². The summed E-state index contributed by atoms with van der Waals surface area (Å²) < 4.78 is 11.0. The third-order valence-electron chi connectivity index (χ3n) is 3.50. The molecule has 0 bridgehead atoms. The van der Waals surface area contributed by atoms with Gasteiger partial charge in [0.1, 0.15) is 38.1 Å². The average molecular weight is 266 g/mol. The molecule has 0 aromatic heterocycles. The molecule has 4 nitrogen and oxygen atoms in total. The minimum absolute atomic E-state index is 0.356. The van der Waals surface area contributed by atoms with Gasteiger partial charge in [0.2, 0.25) is 0 Å². The van der Waals surface area contributed by atoms with Crippen LogP contribution in [0.15, 0.2) is 18.2 Å². The minimum atomic E-state index is -0.423. The Hall–Kier alpha value is -1.10. The molecule has 2 N–H and O–H groups in total. The van der Waals surface area contributed by atoms with Gasteiger partial charge in [0.15, 0.2) is 0 Å². The maximum Gasteiger partial charge on any atom is 0.137 e. The van der Waals surface area contributed by atoms with Gasteiger partial charge in [0.25, 0.3) is 0 Å². The third kappa shape index (κ3) is 4.49. The van der Waals surface area contributed by atoms with Crippen LogP contribution in [0.25, 0.3) is 0 Å². The van der Waals surface area contributed by atoms with Crippen LogP contribution in [0.1, 0.15) is 11.1 Å². The van der Waals surface area contributed by atoms with Crippen LogP contribution in [0.5, 0.6) is 5.75 Å². The van der Waals surface area contributed by atoms with E-state index >= 15 is 0 Å². The van der Waals surface area contributed by atoms with Crippen LogP contribution >= 0.6 is 0 Å². The second kappa shape index (κ2) is 6.89. The molecule has 1 heterocycles. The fourth-order valence-electron chi connectivity index (χ4n) is 2.31. The van der Waals surface area contributed by atoms with Gasteiger partial charge in [-0.15, -0.1) is 0 Å². The van der Waals surface area contributed by atoms with Crippen molar-refractivity contribution < 1.29 is 19.5 Å². The number of aliphatic hydroxyl groups excluding tert-OH is 1. The van der Waals surface area contributed by atoms with Crippen molar-refractivity contribution >= 4 is 0 Å². The zero-order valence-corrected chi connectivity index (χ0v) is 11.8. The number of quaternary nitrogens is 1. The Labute approximate surface area is 114 Å². The number of morpholine rings is 1. The van der Waals surface area contributed by atoms with Crippen LogP contribution < -0.4 is 9.64 Å². The summed E-state index contributed by atoms with van der Waals surface area (Å²) in [4.78, 5) is 1.39. The lowest BCUT2D eigenvalue weighted by atomic mass is 10.1. The molecule has 1 fully saturated rings. The molecule has 4 heteroatoms. The number of aryl methyl sites for hydroxylation is 2. The van der Waals surface area contributed by atoms with Crippen molar-refractivity contribution in [1.82, 2.24) is 0 Å². The molecule has 0 radical (unpaired) electrons. The van der Waals surface area contributed by atoms with Gasteiger partial charge in [-0.25, -0.2) is 0 Å². The standard InChI is InChI=1S/C15H23NO3/c1-12-3-4-13(2)15(9-12)19-11-14(17)10-16-5-7-18-8-6-16/h3-4,9,14,17H,5-8,10-11H2,1-2H3/p+1. The van der Waals surface area contributed by atoms with Gasteiger partial charge in [-0.1, -0.05) is 12.1 Å². The predicted molar refractivity (Wildman–Crippen MR) is 73.8 cm³/mol. The maximum absolute atomic E-state index is 10.0. The monoisotopic (exact) mass is 266 g/mol. The van der Waals surface area contributed by atoms with E-state index in [2.05, 4.69) is 6.07 Å². The Balaban J connectivity index is 1.79. The number of hydrogen-bond donors (Lipinski definition) is 2. The smallest absolute Gasteiger partial charge is 0.137 e. The molecule has 0 aliphatic carbocycles. The summed E-state index contributed by atoms with van der Waals surface area (Å²) in [6.07, 6.45) is -0.423. The van der Waals surface area contributed by atoms with Gasteiger partial charge >= 0.3 is 0 Å². The van der Waals surface area contributed by atoms with Crippen LogP contribution in [0.2, 0.25) is 0 Å². The first-order valence-electron chi connectivity index (χ1n) is 6.94.